The Morgan fingerprint density at radius 1 is 1.54 bits per heavy atom. The van der Waals surface area contributed by atoms with Crippen molar-refractivity contribution in [1.82, 2.24) is 0 Å². The van der Waals surface area contributed by atoms with Crippen LogP contribution < -0.4 is 0 Å². The Labute approximate surface area is 79.5 Å². The number of ether oxygens (including phenoxy) is 1. The molecule has 0 bridgehead atoms. The average molecular weight is 186 g/mol. The number of rotatable bonds is 6. The van der Waals surface area contributed by atoms with Gasteiger partial charge in [0.05, 0.1) is 6.61 Å². The second-order valence-electron chi connectivity index (χ2n) is 3.51. The maximum atomic E-state index is 11.3. The highest BCUT2D eigenvalue weighted by Crippen LogP contribution is 2.26. The lowest BCUT2D eigenvalue weighted by molar-refractivity contribution is -0.140. The number of carbonyl (C=O) groups excluding carboxylic acids is 2. The van der Waals surface area contributed by atoms with Gasteiger partial charge in [-0.05, 0) is 19.8 Å². The van der Waals surface area contributed by atoms with E-state index in [9.17, 15) is 9.59 Å². The van der Waals surface area contributed by atoms with Crippen LogP contribution in [0.1, 0.15) is 27.7 Å². The molecule has 0 aromatic rings. The van der Waals surface area contributed by atoms with Crippen LogP contribution in [0.5, 0.6) is 0 Å². The van der Waals surface area contributed by atoms with E-state index in [1.165, 1.54) is 6.92 Å². The normalized spacial score (nSPS) is 15.5. The Kier molecular flexibility index (Phi) is 4.85. The number of carbonyl (C=O) groups is 2. The smallest absolute Gasteiger partial charge is 0.145 e. The topological polar surface area (TPSA) is 43.4 Å². The first-order valence-electron chi connectivity index (χ1n) is 4.56. The summed E-state index contributed by atoms with van der Waals surface area (Å²) < 4.78 is 5.16. The Bertz CT molecular complexity index is 187. The van der Waals surface area contributed by atoms with E-state index >= 15 is 0 Å². The quantitative estimate of drug-likeness (QED) is 0.466. The molecule has 0 N–H and O–H groups in total. The molecule has 3 heteroatoms. The van der Waals surface area contributed by atoms with E-state index in [-0.39, 0.29) is 18.3 Å². The van der Waals surface area contributed by atoms with Crippen LogP contribution in [0.2, 0.25) is 0 Å². The van der Waals surface area contributed by atoms with Crippen molar-refractivity contribution in [2.75, 3.05) is 13.2 Å². The zero-order chi connectivity index (χ0) is 10.5. The predicted octanol–water partition coefficient (Wildman–Crippen LogP) is 1.45. The van der Waals surface area contributed by atoms with Crippen molar-refractivity contribution in [2.45, 2.75) is 27.7 Å². The van der Waals surface area contributed by atoms with E-state index in [1.807, 2.05) is 20.8 Å². The molecule has 3 nitrogen and oxygen atoms in total. The van der Waals surface area contributed by atoms with Crippen LogP contribution >= 0.6 is 0 Å². The summed E-state index contributed by atoms with van der Waals surface area (Å²) in [6, 6.07) is 0. The highest BCUT2D eigenvalue weighted by Gasteiger charge is 2.38. The summed E-state index contributed by atoms with van der Waals surface area (Å²) in [5.41, 5.74) is -0.948. The van der Waals surface area contributed by atoms with Crippen LogP contribution in [0.4, 0.5) is 0 Å². The van der Waals surface area contributed by atoms with E-state index in [1.54, 1.807) is 0 Å². The molecule has 0 aliphatic carbocycles. The van der Waals surface area contributed by atoms with Crippen molar-refractivity contribution < 1.29 is 14.3 Å². The van der Waals surface area contributed by atoms with Gasteiger partial charge in [0.25, 0.3) is 0 Å². The van der Waals surface area contributed by atoms with Crippen molar-refractivity contribution in [1.29, 1.82) is 0 Å². The summed E-state index contributed by atoms with van der Waals surface area (Å²) in [6.07, 6.45) is 0.718. The van der Waals surface area contributed by atoms with E-state index in [2.05, 4.69) is 0 Å². The summed E-state index contributed by atoms with van der Waals surface area (Å²) in [6.45, 7) is 7.71. The van der Waals surface area contributed by atoms with Gasteiger partial charge in [-0.25, -0.2) is 0 Å². The highest BCUT2D eigenvalue weighted by atomic mass is 16.5. The fourth-order valence-electron chi connectivity index (χ4n) is 1.20. The van der Waals surface area contributed by atoms with Crippen molar-refractivity contribution in [2.24, 2.45) is 11.3 Å². The van der Waals surface area contributed by atoms with Gasteiger partial charge < -0.3 is 9.53 Å². The van der Waals surface area contributed by atoms with Gasteiger partial charge in [0.1, 0.15) is 17.5 Å². The summed E-state index contributed by atoms with van der Waals surface area (Å²) >= 11 is 0. The highest BCUT2D eigenvalue weighted by molar-refractivity contribution is 5.97. The van der Waals surface area contributed by atoms with Gasteiger partial charge in [-0.3, -0.25) is 4.79 Å². The van der Waals surface area contributed by atoms with E-state index in [0.29, 0.717) is 6.61 Å². The summed E-state index contributed by atoms with van der Waals surface area (Å²) in [7, 11) is 0. The van der Waals surface area contributed by atoms with Crippen molar-refractivity contribution >= 4 is 12.1 Å². The molecule has 0 amide bonds. The van der Waals surface area contributed by atoms with Gasteiger partial charge in [-0.15, -0.1) is 0 Å². The van der Waals surface area contributed by atoms with E-state index in [0.717, 1.165) is 6.29 Å². The number of aldehydes is 1. The minimum Gasteiger partial charge on any atom is -0.380 e. The molecule has 0 spiro atoms. The lowest BCUT2D eigenvalue weighted by atomic mass is 9.76. The first-order chi connectivity index (χ1) is 6.01. The summed E-state index contributed by atoms with van der Waals surface area (Å²) in [4.78, 5) is 22.2. The van der Waals surface area contributed by atoms with Crippen molar-refractivity contribution in [3.8, 4) is 0 Å². The van der Waals surface area contributed by atoms with Crippen molar-refractivity contribution in [3.05, 3.63) is 0 Å². The number of ketones is 1. The lowest BCUT2D eigenvalue weighted by Gasteiger charge is -2.28. The Hall–Kier alpha value is -0.700. The summed E-state index contributed by atoms with van der Waals surface area (Å²) in [5.74, 6) is -0.139. The fraction of sp³-hybridized carbons (Fsp3) is 0.800. The standard InChI is InChI=1S/C10H18O3/c1-5-13-7-10(6-11,8(2)3)9(4)12/h6,8H,5,7H2,1-4H3. The first-order valence-corrected chi connectivity index (χ1v) is 4.56. The van der Waals surface area contributed by atoms with Crippen LogP contribution in [0, 0.1) is 11.3 Å². The molecule has 1 atom stereocenters. The third-order valence-corrected chi connectivity index (χ3v) is 2.44. The van der Waals surface area contributed by atoms with Gasteiger partial charge in [0, 0.05) is 6.61 Å². The molecule has 76 valence electrons. The van der Waals surface area contributed by atoms with Gasteiger partial charge >= 0.3 is 0 Å². The molecule has 1 unspecified atom stereocenters. The van der Waals surface area contributed by atoms with Gasteiger partial charge in [0.15, 0.2) is 0 Å². The van der Waals surface area contributed by atoms with Gasteiger partial charge in [-0.1, -0.05) is 13.8 Å². The Morgan fingerprint density at radius 3 is 2.31 bits per heavy atom. The molecule has 0 saturated heterocycles. The maximum Gasteiger partial charge on any atom is 0.145 e. The second-order valence-corrected chi connectivity index (χ2v) is 3.51. The Balaban J connectivity index is 4.65. The molecule has 0 rings (SSSR count). The zero-order valence-electron chi connectivity index (χ0n) is 8.79. The largest absolute Gasteiger partial charge is 0.380 e. The van der Waals surface area contributed by atoms with Crippen LogP contribution in [0.3, 0.4) is 0 Å². The number of Topliss-reactive ketones (excluding diaryl/α,β-unsaturated/α-hetero) is 1. The van der Waals surface area contributed by atoms with Gasteiger partial charge in [0.2, 0.25) is 0 Å². The molecule has 0 heterocycles. The van der Waals surface area contributed by atoms with Crippen LogP contribution in [0.15, 0.2) is 0 Å². The molecule has 0 saturated carbocycles. The molecule has 0 radical (unpaired) electrons. The van der Waals surface area contributed by atoms with Gasteiger partial charge in [-0.2, -0.15) is 0 Å². The number of hydrogen-bond acceptors (Lipinski definition) is 3. The predicted molar refractivity (Wildman–Crippen MR) is 50.5 cm³/mol. The molecular formula is C10H18O3. The molecule has 13 heavy (non-hydrogen) atoms. The van der Waals surface area contributed by atoms with E-state index < -0.39 is 5.41 Å². The van der Waals surface area contributed by atoms with E-state index in [4.69, 9.17) is 4.74 Å². The minimum absolute atomic E-state index is 0.0194. The molecule has 0 aromatic carbocycles. The van der Waals surface area contributed by atoms with Crippen LogP contribution in [0.25, 0.3) is 0 Å². The number of hydrogen-bond donors (Lipinski definition) is 0. The Morgan fingerprint density at radius 2 is 2.08 bits per heavy atom. The second kappa shape index (κ2) is 5.12. The van der Waals surface area contributed by atoms with Crippen molar-refractivity contribution in [3.63, 3.8) is 0 Å². The fourth-order valence-corrected chi connectivity index (χ4v) is 1.20. The summed E-state index contributed by atoms with van der Waals surface area (Å²) in [5, 5.41) is 0. The molecular weight excluding hydrogens is 168 g/mol. The average Bonchev–Trinajstić information content (AvgIpc) is 2.05. The molecule has 0 fully saturated rings. The molecule has 0 aliphatic heterocycles. The van der Waals surface area contributed by atoms with Crippen LogP contribution in [-0.2, 0) is 14.3 Å². The molecule has 0 aliphatic rings. The lowest BCUT2D eigenvalue weighted by Crippen LogP contribution is -2.41. The maximum absolute atomic E-state index is 11.3. The zero-order valence-corrected chi connectivity index (χ0v) is 8.79. The monoisotopic (exact) mass is 186 g/mol. The van der Waals surface area contributed by atoms with Crippen LogP contribution in [-0.4, -0.2) is 25.3 Å². The minimum atomic E-state index is -0.948. The molecule has 0 aromatic heterocycles. The third-order valence-electron chi connectivity index (χ3n) is 2.44. The SMILES string of the molecule is CCOCC(C=O)(C(C)=O)C(C)C. The first kappa shape index (κ1) is 12.3. The third kappa shape index (κ3) is 2.62.